The Bertz CT molecular complexity index is 1280. The molecule has 3 amide bonds. The van der Waals surface area contributed by atoms with Crippen molar-refractivity contribution in [2.75, 3.05) is 13.1 Å². The Kier molecular flexibility index (Phi) is 15.1. The van der Waals surface area contributed by atoms with E-state index in [4.69, 9.17) is 22.9 Å². The van der Waals surface area contributed by atoms with Crippen molar-refractivity contribution in [2.24, 2.45) is 27.9 Å². The predicted octanol–water partition coefficient (Wildman–Crippen LogP) is -1.07. The highest BCUT2D eigenvalue weighted by molar-refractivity contribution is 5.94. The largest absolute Gasteiger partial charge is 0.508 e. The van der Waals surface area contributed by atoms with E-state index in [9.17, 15) is 34.5 Å². The van der Waals surface area contributed by atoms with Gasteiger partial charge in [-0.25, -0.2) is 4.79 Å². The molecule has 2 aromatic rings. The summed E-state index contributed by atoms with van der Waals surface area (Å²) in [5.41, 5.74) is 23.8. The van der Waals surface area contributed by atoms with Gasteiger partial charge in [-0.15, -0.1) is 0 Å². The molecule has 0 radical (unpaired) electrons. The van der Waals surface area contributed by atoms with Crippen LogP contribution in [0, 0.1) is 0 Å². The number of unbranched alkanes of at least 4 members (excludes halogenated alkanes) is 1. The van der Waals surface area contributed by atoms with E-state index in [0.29, 0.717) is 36.9 Å². The number of nitrogens with zero attached hydrogens (tertiary/aromatic N) is 1. The molecule has 0 fully saturated rings. The summed E-state index contributed by atoms with van der Waals surface area (Å²) >= 11 is 0. The quantitative estimate of drug-likeness (QED) is 0.0508. The summed E-state index contributed by atoms with van der Waals surface area (Å²) < 4.78 is 0. The van der Waals surface area contributed by atoms with E-state index in [1.807, 2.05) is 0 Å². The highest BCUT2D eigenvalue weighted by Gasteiger charge is 2.30. The number of phenols is 2. The summed E-state index contributed by atoms with van der Waals surface area (Å²) in [4.78, 5) is 55.7. The van der Waals surface area contributed by atoms with Gasteiger partial charge >= 0.3 is 5.97 Å². The molecule has 45 heavy (non-hydrogen) atoms. The number of carboxylic acids is 1. The van der Waals surface area contributed by atoms with Gasteiger partial charge in [0, 0.05) is 13.0 Å². The lowest BCUT2D eigenvalue weighted by atomic mass is 10.0. The van der Waals surface area contributed by atoms with Crippen molar-refractivity contribution < 1.29 is 34.5 Å². The van der Waals surface area contributed by atoms with Crippen LogP contribution in [0.5, 0.6) is 11.5 Å². The zero-order valence-electron chi connectivity index (χ0n) is 25.0. The van der Waals surface area contributed by atoms with Gasteiger partial charge in [0.2, 0.25) is 17.7 Å². The summed E-state index contributed by atoms with van der Waals surface area (Å²) in [7, 11) is 0. The Hall–Kier alpha value is -4.89. The minimum absolute atomic E-state index is 0.0126. The fraction of sp³-hybridized carbons (Fsp3) is 0.433. The summed E-state index contributed by atoms with van der Waals surface area (Å²) in [6.45, 7) is 0.531. The monoisotopic (exact) mass is 628 g/mol. The number of carbonyl (C=O) groups is 4. The number of guanidine groups is 1. The predicted molar refractivity (Wildman–Crippen MR) is 168 cm³/mol. The van der Waals surface area contributed by atoms with Crippen LogP contribution >= 0.6 is 0 Å². The number of hydrogen-bond acceptors (Lipinski definition) is 9. The number of benzene rings is 2. The van der Waals surface area contributed by atoms with E-state index >= 15 is 0 Å². The molecule has 0 aliphatic carbocycles. The first kappa shape index (κ1) is 36.3. The lowest BCUT2D eigenvalue weighted by Gasteiger charge is -2.25. The molecule has 0 aromatic heterocycles. The molecule has 0 saturated heterocycles. The number of phenolic OH excluding ortho intramolecular Hbond substituents is 2. The van der Waals surface area contributed by atoms with Crippen molar-refractivity contribution in [1.29, 1.82) is 0 Å². The fourth-order valence-electron chi connectivity index (χ4n) is 4.40. The SMILES string of the molecule is NCCCCC(NC(=O)C(CCCN=C(N)N)NC(=O)C(N)Cc1ccc(O)cc1)C(=O)NC(Cc1ccc(O)cc1)C(=O)O. The minimum Gasteiger partial charge on any atom is -0.508 e. The zero-order chi connectivity index (χ0) is 33.4. The van der Waals surface area contributed by atoms with E-state index in [1.165, 1.54) is 24.3 Å². The fourth-order valence-corrected chi connectivity index (χ4v) is 4.40. The molecule has 2 rings (SSSR count). The minimum atomic E-state index is -1.32. The smallest absolute Gasteiger partial charge is 0.326 e. The molecular formula is C30H44N8O7. The van der Waals surface area contributed by atoms with Gasteiger partial charge in [-0.2, -0.15) is 0 Å². The number of rotatable bonds is 19. The average molecular weight is 629 g/mol. The van der Waals surface area contributed by atoms with Gasteiger partial charge in [0.15, 0.2) is 5.96 Å². The third-order valence-corrected chi connectivity index (χ3v) is 6.88. The molecular weight excluding hydrogens is 584 g/mol. The second-order valence-electron chi connectivity index (χ2n) is 10.6. The van der Waals surface area contributed by atoms with Gasteiger partial charge in [0.25, 0.3) is 0 Å². The molecule has 4 unspecified atom stereocenters. The maximum absolute atomic E-state index is 13.5. The second kappa shape index (κ2) is 18.7. The molecule has 0 aliphatic heterocycles. The number of carbonyl (C=O) groups excluding carboxylic acids is 3. The Balaban J connectivity index is 2.18. The van der Waals surface area contributed by atoms with Gasteiger partial charge < -0.3 is 54.2 Å². The van der Waals surface area contributed by atoms with Gasteiger partial charge in [0.1, 0.15) is 29.6 Å². The van der Waals surface area contributed by atoms with Crippen LogP contribution in [0.1, 0.15) is 43.2 Å². The van der Waals surface area contributed by atoms with E-state index < -0.39 is 47.9 Å². The van der Waals surface area contributed by atoms with Crippen LogP contribution in [0.15, 0.2) is 53.5 Å². The van der Waals surface area contributed by atoms with Crippen molar-refractivity contribution in [3.63, 3.8) is 0 Å². The maximum atomic E-state index is 13.5. The lowest BCUT2D eigenvalue weighted by molar-refractivity contribution is -0.142. The average Bonchev–Trinajstić information content (AvgIpc) is 2.99. The summed E-state index contributed by atoms with van der Waals surface area (Å²) in [6.07, 6.45) is 1.67. The molecule has 15 nitrogen and oxygen atoms in total. The first-order chi connectivity index (χ1) is 21.4. The molecule has 0 heterocycles. The van der Waals surface area contributed by atoms with Gasteiger partial charge in [-0.05, 0) is 80.5 Å². The summed E-state index contributed by atoms with van der Waals surface area (Å²) in [5, 5.41) is 36.6. The first-order valence-electron chi connectivity index (χ1n) is 14.6. The highest BCUT2D eigenvalue weighted by atomic mass is 16.4. The van der Waals surface area contributed by atoms with Gasteiger partial charge in [-0.3, -0.25) is 19.4 Å². The van der Waals surface area contributed by atoms with E-state index in [0.717, 1.165) is 0 Å². The topological polar surface area (TPSA) is 282 Å². The van der Waals surface area contributed by atoms with Crippen LogP contribution in [0.2, 0.25) is 0 Å². The lowest BCUT2D eigenvalue weighted by Crippen LogP contribution is -2.57. The second-order valence-corrected chi connectivity index (χ2v) is 10.6. The van der Waals surface area contributed by atoms with Crippen molar-refractivity contribution in [3.8, 4) is 11.5 Å². The molecule has 14 N–H and O–H groups in total. The number of aliphatic imine (C=N–C) groups is 1. The number of nitrogens with one attached hydrogen (secondary N) is 3. The van der Waals surface area contributed by atoms with E-state index in [2.05, 4.69) is 20.9 Å². The van der Waals surface area contributed by atoms with Crippen molar-refractivity contribution in [3.05, 3.63) is 59.7 Å². The van der Waals surface area contributed by atoms with E-state index in [-0.39, 0.29) is 49.7 Å². The van der Waals surface area contributed by atoms with Crippen LogP contribution in [-0.4, -0.2) is 82.2 Å². The Labute approximate surface area is 261 Å². The van der Waals surface area contributed by atoms with E-state index in [1.54, 1.807) is 24.3 Å². The molecule has 0 spiro atoms. The van der Waals surface area contributed by atoms with Crippen LogP contribution in [0.3, 0.4) is 0 Å². The number of aromatic hydroxyl groups is 2. The Morgan fingerprint density at radius 1 is 0.689 bits per heavy atom. The Morgan fingerprint density at radius 2 is 1.16 bits per heavy atom. The molecule has 2 aromatic carbocycles. The van der Waals surface area contributed by atoms with Crippen LogP contribution in [0.25, 0.3) is 0 Å². The number of carboxylic acid groups (broad SMARTS) is 1. The third kappa shape index (κ3) is 13.5. The zero-order valence-corrected chi connectivity index (χ0v) is 25.0. The van der Waals surface area contributed by atoms with Crippen molar-refractivity contribution in [2.45, 2.75) is 69.1 Å². The third-order valence-electron chi connectivity index (χ3n) is 6.88. The molecule has 0 bridgehead atoms. The number of hydrogen-bond donors (Lipinski definition) is 10. The number of nitrogens with two attached hydrogens (primary N) is 4. The normalized spacial score (nSPS) is 13.5. The van der Waals surface area contributed by atoms with Gasteiger partial charge in [0.05, 0.1) is 6.04 Å². The molecule has 0 aliphatic rings. The maximum Gasteiger partial charge on any atom is 0.326 e. The molecule has 15 heteroatoms. The van der Waals surface area contributed by atoms with Crippen LogP contribution in [-0.2, 0) is 32.0 Å². The number of aliphatic carboxylic acids is 1. The van der Waals surface area contributed by atoms with Gasteiger partial charge in [-0.1, -0.05) is 24.3 Å². The number of amides is 3. The molecule has 246 valence electrons. The Morgan fingerprint density at radius 3 is 1.64 bits per heavy atom. The van der Waals surface area contributed by atoms with Crippen molar-refractivity contribution in [1.82, 2.24) is 16.0 Å². The first-order valence-corrected chi connectivity index (χ1v) is 14.6. The standard InChI is InChI=1S/C30H44N8O7/c31-14-2-1-4-23(28(43)38-25(29(44)45)17-19-8-12-21(40)13-9-19)37-27(42)24(5-3-15-35-30(33)34)36-26(41)22(32)16-18-6-10-20(39)11-7-18/h6-13,22-25,39-40H,1-5,14-17,31-32H2,(H,36,41)(H,37,42)(H,38,43)(H,44,45)(H4,33,34,35). The van der Waals surface area contributed by atoms with Crippen LogP contribution in [0.4, 0.5) is 0 Å². The van der Waals surface area contributed by atoms with Crippen molar-refractivity contribution >= 4 is 29.7 Å². The summed E-state index contributed by atoms with van der Waals surface area (Å²) in [5.74, 6) is -3.35. The molecule has 0 saturated carbocycles. The van der Waals surface area contributed by atoms with Crippen LogP contribution < -0.4 is 38.9 Å². The molecule has 4 atom stereocenters. The highest BCUT2D eigenvalue weighted by Crippen LogP contribution is 2.13. The summed E-state index contributed by atoms with van der Waals surface area (Å²) in [6, 6.07) is 7.49.